The van der Waals surface area contributed by atoms with E-state index in [-0.39, 0.29) is 18.2 Å². The number of H-pyrrole nitrogens is 1. The molecular weight excluding hydrogens is 281 g/mol. The van der Waals surface area contributed by atoms with Gasteiger partial charge in [0.2, 0.25) is 0 Å². The van der Waals surface area contributed by atoms with Crippen LogP contribution in [0.5, 0.6) is 0 Å². The van der Waals surface area contributed by atoms with E-state index in [4.69, 9.17) is 9.31 Å². The zero-order valence-electron chi connectivity index (χ0n) is 11.9. The molecule has 0 saturated carbocycles. The maximum absolute atomic E-state index is 13.9. The number of benzene rings is 1. The smallest absolute Gasteiger partial charge is 0.399 e. The lowest BCUT2D eigenvalue weighted by atomic mass is 9.78. The summed E-state index contributed by atoms with van der Waals surface area (Å²) in [6, 6.07) is 3.27. The predicted octanol–water partition coefficient (Wildman–Crippen LogP) is 2.42. The fourth-order valence-electron chi connectivity index (χ4n) is 2.15. The van der Waals surface area contributed by atoms with Crippen molar-refractivity contribution in [3.05, 3.63) is 24.1 Å². The zero-order valence-corrected chi connectivity index (χ0v) is 12.7. The molecule has 1 aromatic carbocycles. The van der Waals surface area contributed by atoms with E-state index in [1.165, 1.54) is 6.07 Å². The van der Waals surface area contributed by atoms with Crippen LogP contribution in [0.4, 0.5) is 4.39 Å². The van der Waals surface area contributed by atoms with E-state index in [0.717, 1.165) is 0 Å². The number of rotatable bonds is 1. The molecule has 4 nitrogen and oxygen atoms in total. The van der Waals surface area contributed by atoms with Crippen LogP contribution in [0.15, 0.2) is 18.3 Å². The van der Waals surface area contributed by atoms with Crippen LogP contribution in [0.1, 0.15) is 27.7 Å². The third-order valence-electron chi connectivity index (χ3n) is 4.05. The maximum atomic E-state index is 13.9. The number of nitrogens with one attached hydrogen (secondary N) is 1. The summed E-state index contributed by atoms with van der Waals surface area (Å²) in [4.78, 5) is 0. The Kier molecular flexibility index (Phi) is 3.61. The number of hydrogen-bond acceptors (Lipinski definition) is 3. The predicted molar refractivity (Wildman–Crippen MR) is 79.0 cm³/mol. The second-order valence-corrected chi connectivity index (χ2v) is 5.93. The molecule has 0 radical (unpaired) electrons. The van der Waals surface area contributed by atoms with E-state index in [9.17, 15) is 4.39 Å². The van der Waals surface area contributed by atoms with Gasteiger partial charge in [0.25, 0.3) is 0 Å². The lowest BCUT2D eigenvalue weighted by Gasteiger charge is -2.32. The molecule has 2 heterocycles. The summed E-state index contributed by atoms with van der Waals surface area (Å²) in [5.41, 5.74) is 0.212. The Morgan fingerprint density at radius 3 is 2.35 bits per heavy atom. The first-order valence-electron chi connectivity index (χ1n) is 6.28. The molecule has 1 N–H and O–H groups in total. The van der Waals surface area contributed by atoms with Gasteiger partial charge >= 0.3 is 7.12 Å². The van der Waals surface area contributed by atoms with Gasteiger partial charge in [-0.3, -0.25) is 5.10 Å². The Morgan fingerprint density at radius 2 is 1.75 bits per heavy atom. The molecule has 0 unspecified atom stereocenters. The first-order valence-corrected chi connectivity index (χ1v) is 6.28. The highest BCUT2D eigenvalue weighted by Gasteiger charge is 2.51. The Balaban J connectivity index is 0.00000147. The van der Waals surface area contributed by atoms with Crippen LogP contribution < -0.4 is 5.46 Å². The van der Waals surface area contributed by atoms with Crippen molar-refractivity contribution in [1.29, 1.82) is 0 Å². The van der Waals surface area contributed by atoms with E-state index in [2.05, 4.69) is 10.2 Å². The van der Waals surface area contributed by atoms with Gasteiger partial charge in [-0.1, -0.05) is 6.07 Å². The fraction of sp³-hybridized carbons (Fsp3) is 0.462. The van der Waals surface area contributed by atoms with Crippen molar-refractivity contribution < 1.29 is 13.7 Å². The number of nitrogens with zero attached hydrogens (tertiary/aromatic N) is 1. The fourth-order valence-corrected chi connectivity index (χ4v) is 2.15. The molecule has 108 valence electrons. The van der Waals surface area contributed by atoms with E-state index >= 15 is 0 Å². The van der Waals surface area contributed by atoms with Crippen LogP contribution in [0.3, 0.4) is 0 Å². The van der Waals surface area contributed by atoms with Gasteiger partial charge in [0.15, 0.2) is 0 Å². The van der Waals surface area contributed by atoms with Gasteiger partial charge in [0.1, 0.15) is 11.3 Å². The van der Waals surface area contributed by atoms with E-state index in [0.29, 0.717) is 16.4 Å². The van der Waals surface area contributed by atoms with Gasteiger partial charge in [0, 0.05) is 5.39 Å². The van der Waals surface area contributed by atoms with Gasteiger partial charge in [0.05, 0.1) is 17.4 Å². The van der Waals surface area contributed by atoms with Gasteiger partial charge < -0.3 is 9.31 Å². The molecule has 0 bridgehead atoms. The summed E-state index contributed by atoms with van der Waals surface area (Å²) in [7, 11) is -0.557. The first kappa shape index (κ1) is 15.3. The van der Waals surface area contributed by atoms with Crippen LogP contribution in [-0.4, -0.2) is 28.5 Å². The summed E-state index contributed by atoms with van der Waals surface area (Å²) in [6.07, 6.45) is 1.59. The molecule has 0 aliphatic carbocycles. The van der Waals surface area contributed by atoms with Gasteiger partial charge in [-0.15, -0.1) is 12.4 Å². The van der Waals surface area contributed by atoms with Crippen molar-refractivity contribution >= 4 is 35.9 Å². The molecule has 7 heteroatoms. The molecule has 20 heavy (non-hydrogen) atoms. The minimum absolute atomic E-state index is 0. The largest absolute Gasteiger partial charge is 0.494 e. The van der Waals surface area contributed by atoms with Crippen LogP contribution >= 0.6 is 12.4 Å². The summed E-state index contributed by atoms with van der Waals surface area (Å²) in [5, 5.41) is 7.18. The molecule has 1 saturated heterocycles. The van der Waals surface area contributed by atoms with Gasteiger partial charge in [-0.05, 0) is 39.2 Å². The second-order valence-electron chi connectivity index (χ2n) is 5.93. The first-order chi connectivity index (χ1) is 8.80. The standard InChI is InChI=1S/C13H16BFN2O2.ClH/c1-12(2)13(3,4)19-14(18-12)9-5-8-7-16-17-11(8)10(15)6-9;/h5-7H,1-4H3,(H,16,17);1H. The highest BCUT2D eigenvalue weighted by molar-refractivity contribution is 6.62. The van der Waals surface area contributed by atoms with Crippen LogP contribution in [0.2, 0.25) is 0 Å². The normalized spacial score (nSPS) is 20.1. The van der Waals surface area contributed by atoms with Gasteiger partial charge in [-0.25, -0.2) is 4.39 Å². The van der Waals surface area contributed by atoms with Crippen molar-refractivity contribution in [2.24, 2.45) is 0 Å². The number of aromatic nitrogens is 2. The van der Waals surface area contributed by atoms with Crippen LogP contribution in [0, 0.1) is 5.82 Å². The minimum atomic E-state index is -0.557. The Hall–Kier alpha value is -1.11. The second kappa shape index (κ2) is 4.72. The van der Waals surface area contributed by atoms with Crippen molar-refractivity contribution in [1.82, 2.24) is 10.2 Å². The highest BCUT2D eigenvalue weighted by Crippen LogP contribution is 2.36. The summed E-state index contributed by atoms with van der Waals surface area (Å²) < 4.78 is 25.8. The number of hydrogen-bond donors (Lipinski definition) is 1. The van der Waals surface area contributed by atoms with Crippen molar-refractivity contribution in [2.45, 2.75) is 38.9 Å². The van der Waals surface area contributed by atoms with E-state index in [1.54, 1.807) is 6.20 Å². The molecule has 2 aromatic rings. The average molecular weight is 299 g/mol. The average Bonchev–Trinajstić information content (AvgIpc) is 2.82. The molecular formula is C13H17BClFN2O2. The molecule has 1 fully saturated rings. The van der Waals surface area contributed by atoms with Gasteiger partial charge in [-0.2, -0.15) is 5.10 Å². The zero-order chi connectivity index (χ0) is 13.8. The molecule has 1 aliphatic rings. The lowest BCUT2D eigenvalue weighted by molar-refractivity contribution is 0.00578. The molecule has 0 amide bonds. The van der Waals surface area contributed by atoms with E-state index in [1.807, 2.05) is 33.8 Å². The third kappa shape index (κ3) is 2.22. The van der Waals surface area contributed by atoms with Crippen molar-refractivity contribution in [3.63, 3.8) is 0 Å². The Labute approximate surface area is 123 Å². The van der Waals surface area contributed by atoms with Crippen molar-refractivity contribution in [3.8, 4) is 0 Å². The van der Waals surface area contributed by atoms with Crippen LogP contribution in [0.25, 0.3) is 10.9 Å². The number of aromatic amines is 1. The Morgan fingerprint density at radius 1 is 1.15 bits per heavy atom. The molecule has 0 spiro atoms. The summed E-state index contributed by atoms with van der Waals surface area (Å²) in [6.45, 7) is 7.89. The number of fused-ring (bicyclic) bond motifs is 1. The maximum Gasteiger partial charge on any atom is 0.494 e. The highest BCUT2D eigenvalue weighted by atomic mass is 35.5. The lowest BCUT2D eigenvalue weighted by Crippen LogP contribution is -2.41. The Bertz CT molecular complexity index is 628. The van der Waals surface area contributed by atoms with Crippen molar-refractivity contribution in [2.75, 3.05) is 0 Å². The number of halogens is 2. The van der Waals surface area contributed by atoms with E-state index < -0.39 is 18.3 Å². The SMILES string of the molecule is CC1(C)OB(c2cc(F)c3[nH]ncc3c2)OC1(C)C.Cl. The topological polar surface area (TPSA) is 47.1 Å². The van der Waals surface area contributed by atoms with Crippen LogP contribution in [-0.2, 0) is 9.31 Å². The summed E-state index contributed by atoms with van der Waals surface area (Å²) in [5.74, 6) is -0.347. The quantitative estimate of drug-likeness (QED) is 0.823. The molecule has 0 atom stereocenters. The molecule has 1 aromatic heterocycles. The minimum Gasteiger partial charge on any atom is -0.399 e. The molecule has 1 aliphatic heterocycles. The monoisotopic (exact) mass is 298 g/mol. The summed E-state index contributed by atoms with van der Waals surface area (Å²) >= 11 is 0. The third-order valence-corrected chi connectivity index (χ3v) is 4.05. The molecule has 3 rings (SSSR count).